The van der Waals surface area contributed by atoms with Gasteiger partial charge in [0.05, 0.1) is 30.8 Å². The predicted octanol–water partition coefficient (Wildman–Crippen LogP) is 4.86. The summed E-state index contributed by atoms with van der Waals surface area (Å²) >= 11 is 0. The third kappa shape index (κ3) is 5.43. The summed E-state index contributed by atoms with van der Waals surface area (Å²) in [5.74, 6) is 1.56. The molecule has 2 N–H and O–H groups in total. The molecule has 2 aromatic rings. The van der Waals surface area contributed by atoms with Gasteiger partial charge in [0.25, 0.3) is 5.91 Å². The summed E-state index contributed by atoms with van der Waals surface area (Å²) in [5.41, 5.74) is 3.58. The maximum atomic E-state index is 13.9. The van der Waals surface area contributed by atoms with Crippen LogP contribution in [0.4, 0.5) is 11.4 Å². The molecule has 196 valence electrons. The lowest BCUT2D eigenvalue weighted by atomic mass is 9.89. The number of carbonyl (C=O) groups excluding carboxylic acids is 1. The second-order valence-corrected chi connectivity index (χ2v) is 11.0. The first-order chi connectivity index (χ1) is 18.6. The molecule has 2 unspecified atom stereocenters. The molecular weight excluding hydrogens is 476 g/mol. The number of nitrogens with one attached hydrogen (secondary N) is 2. The Labute approximate surface area is 223 Å². The van der Waals surface area contributed by atoms with Crippen molar-refractivity contribution in [2.45, 2.75) is 63.3 Å². The number of quaternary nitrogens is 1. The topological polar surface area (TPSA) is 105 Å². The molecule has 2 aliphatic heterocycles. The largest absolute Gasteiger partial charge is 0.351 e. The van der Waals surface area contributed by atoms with Gasteiger partial charge < -0.3 is 5.32 Å². The highest BCUT2D eigenvalue weighted by atomic mass is 16.2. The Kier molecular flexibility index (Phi) is 6.84. The number of rotatable bonds is 8. The number of carbonyl (C=O) groups is 1. The lowest BCUT2D eigenvalue weighted by molar-refractivity contribution is -0.883. The number of anilines is 2. The second-order valence-electron chi connectivity index (χ2n) is 11.0. The fourth-order valence-corrected chi connectivity index (χ4v) is 5.68. The average Bonchev–Trinajstić information content (AvgIpc) is 3.75. The number of hydrogen-bond donors (Lipinski definition) is 2. The van der Waals surface area contributed by atoms with Crippen molar-refractivity contribution in [3.05, 3.63) is 66.3 Å². The van der Waals surface area contributed by atoms with Crippen molar-refractivity contribution in [1.82, 2.24) is 20.3 Å². The molecule has 2 atom stereocenters. The summed E-state index contributed by atoms with van der Waals surface area (Å²) in [5, 5.41) is 11.7. The Hall–Kier alpha value is -3.72. The van der Waals surface area contributed by atoms with E-state index >= 15 is 0 Å². The third-order valence-electron chi connectivity index (χ3n) is 7.88. The van der Waals surface area contributed by atoms with Gasteiger partial charge in [-0.25, -0.2) is 15.0 Å². The van der Waals surface area contributed by atoms with Crippen LogP contribution in [0.3, 0.4) is 0 Å². The molecule has 4 heterocycles. The Morgan fingerprint density at radius 2 is 1.89 bits per heavy atom. The van der Waals surface area contributed by atoms with Crippen LogP contribution in [0.2, 0.25) is 0 Å². The van der Waals surface area contributed by atoms with E-state index in [4.69, 9.17) is 10.1 Å². The lowest BCUT2D eigenvalue weighted by Crippen LogP contribution is -2.46. The van der Waals surface area contributed by atoms with Crippen LogP contribution in [-0.2, 0) is 0 Å². The molecule has 9 nitrogen and oxygen atoms in total. The minimum absolute atomic E-state index is 0.0233. The molecular formula is C29H35N8O+. The van der Waals surface area contributed by atoms with Gasteiger partial charge in [0.2, 0.25) is 5.82 Å². The van der Waals surface area contributed by atoms with Crippen molar-refractivity contribution in [3.8, 4) is 0 Å². The zero-order valence-corrected chi connectivity index (χ0v) is 21.9. The Balaban J connectivity index is 1.29. The third-order valence-corrected chi connectivity index (χ3v) is 7.88. The predicted molar refractivity (Wildman–Crippen MR) is 148 cm³/mol. The van der Waals surface area contributed by atoms with Gasteiger partial charge in [-0.05, 0) is 50.3 Å². The molecule has 4 aliphatic rings. The van der Waals surface area contributed by atoms with Crippen molar-refractivity contribution in [2.75, 3.05) is 18.9 Å². The van der Waals surface area contributed by atoms with Crippen LogP contribution in [-0.4, -0.2) is 57.0 Å². The van der Waals surface area contributed by atoms with E-state index in [9.17, 15) is 4.79 Å². The number of pyridine rings is 1. The number of hydrogen-bond acceptors (Lipinski definition) is 7. The zero-order valence-electron chi connectivity index (χ0n) is 21.9. The van der Waals surface area contributed by atoms with Gasteiger partial charge in [-0.2, -0.15) is 4.59 Å². The fourth-order valence-electron chi connectivity index (χ4n) is 5.68. The number of dihydropyridines is 1. The van der Waals surface area contributed by atoms with Crippen molar-refractivity contribution in [3.63, 3.8) is 0 Å². The minimum Gasteiger partial charge on any atom is -0.351 e. The van der Waals surface area contributed by atoms with Crippen LogP contribution in [0.1, 0.15) is 73.5 Å². The molecule has 38 heavy (non-hydrogen) atoms. The molecule has 2 aliphatic carbocycles. The molecule has 6 rings (SSSR count). The highest BCUT2D eigenvalue weighted by Crippen LogP contribution is 2.40. The first kappa shape index (κ1) is 24.6. The Morgan fingerprint density at radius 1 is 1.08 bits per heavy atom. The highest BCUT2D eigenvalue weighted by molar-refractivity contribution is 6.04. The normalized spacial score (nSPS) is 25.1. The van der Waals surface area contributed by atoms with Crippen LogP contribution in [0.15, 0.2) is 65.0 Å². The SMILES string of the molecule is C[N+]1(CC2CCCCC2)N=C(C2CC=CC=N2)C=C1NC(=O)c1nc(C2CC2)ccc1Nc1cncnc1. The summed E-state index contributed by atoms with van der Waals surface area (Å²) in [6.45, 7) is 0.865. The van der Waals surface area contributed by atoms with Gasteiger partial charge in [-0.1, -0.05) is 30.4 Å². The molecule has 0 bridgehead atoms. The van der Waals surface area contributed by atoms with Crippen molar-refractivity contribution < 1.29 is 9.39 Å². The summed E-state index contributed by atoms with van der Waals surface area (Å²) in [6, 6.07) is 3.92. The van der Waals surface area contributed by atoms with Crippen molar-refractivity contribution in [2.24, 2.45) is 16.0 Å². The zero-order chi connectivity index (χ0) is 26.0. The fraction of sp³-hybridized carbons (Fsp3) is 0.448. The van der Waals surface area contributed by atoms with E-state index in [1.807, 2.05) is 30.5 Å². The lowest BCUT2D eigenvalue weighted by Gasteiger charge is -2.32. The number of allylic oxidation sites excluding steroid dienone is 1. The number of nitrogens with zero attached hydrogens (tertiary/aromatic N) is 6. The van der Waals surface area contributed by atoms with Crippen LogP contribution in [0, 0.1) is 5.92 Å². The average molecular weight is 512 g/mol. The number of aliphatic imine (C=N–C) groups is 1. The summed E-state index contributed by atoms with van der Waals surface area (Å²) < 4.78 is 0.332. The van der Waals surface area contributed by atoms with Gasteiger partial charge in [-0.15, -0.1) is 0 Å². The van der Waals surface area contributed by atoms with Crippen molar-refractivity contribution >= 4 is 29.2 Å². The van der Waals surface area contributed by atoms with E-state index in [0.29, 0.717) is 33.5 Å². The molecule has 2 fully saturated rings. The maximum Gasteiger partial charge on any atom is 0.280 e. The number of aromatic nitrogens is 3. The molecule has 0 spiro atoms. The molecule has 0 saturated heterocycles. The highest BCUT2D eigenvalue weighted by Gasteiger charge is 2.40. The standard InChI is InChI=1S/C29H34N8O/c1-37(18-20-7-3-2-4-8-20)27(15-26(36-37)24-9-5-6-14-32-24)35-29(38)28-25(33-22-16-30-19-31-17-22)13-12-23(34-28)21-10-11-21/h5-6,12-17,19-21,24H,2-4,7-11,18H2,1H3,(H-,33,35,36,38)/p+1. The van der Waals surface area contributed by atoms with Gasteiger partial charge in [0, 0.05) is 29.8 Å². The van der Waals surface area contributed by atoms with Crippen LogP contribution in [0.5, 0.6) is 0 Å². The first-order valence-electron chi connectivity index (χ1n) is 13.8. The molecule has 0 radical (unpaired) electrons. The van der Waals surface area contributed by atoms with E-state index in [-0.39, 0.29) is 11.9 Å². The van der Waals surface area contributed by atoms with E-state index in [0.717, 1.165) is 43.0 Å². The van der Waals surface area contributed by atoms with Crippen LogP contribution >= 0.6 is 0 Å². The second kappa shape index (κ2) is 10.6. The summed E-state index contributed by atoms with van der Waals surface area (Å²) in [7, 11) is 2.10. The quantitative estimate of drug-likeness (QED) is 0.493. The summed E-state index contributed by atoms with van der Waals surface area (Å²) in [4.78, 5) is 31.5. The number of amides is 1. The van der Waals surface area contributed by atoms with Gasteiger partial charge in [0.15, 0.2) is 5.69 Å². The van der Waals surface area contributed by atoms with Crippen LogP contribution in [0.25, 0.3) is 0 Å². The minimum atomic E-state index is -0.241. The van der Waals surface area contributed by atoms with E-state index in [1.54, 1.807) is 12.4 Å². The smallest absolute Gasteiger partial charge is 0.280 e. The van der Waals surface area contributed by atoms with Gasteiger partial charge in [-0.3, -0.25) is 15.1 Å². The van der Waals surface area contributed by atoms with Crippen LogP contribution < -0.4 is 10.6 Å². The van der Waals surface area contributed by atoms with Gasteiger partial charge >= 0.3 is 0 Å². The maximum absolute atomic E-state index is 13.9. The molecule has 0 aromatic carbocycles. The van der Waals surface area contributed by atoms with Crippen molar-refractivity contribution in [1.29, 1.82) is 0 Å². The molecule has 2 aromatic heterocycles. The Bertz CT molecular complexity index is 1310. The molecule has 2 saturated carbocycles. The van der Waals surface area contributed by atoms with E-state index in [1.165, 1.54) is 38.4 Å². The molecule has 9 heteroatoms. The first-order valence-corrected chi connectivity index (χ1v) is 13.8. The summed E-state index contributed by atoms with van der Waals surface area (Å²) in [6.07, 6.45) is 22.1. The Morgan fingerprint density at radius 3 is 2.63 bits per heavy atom. The monoisotopic (exact) mass is 511 g/mol. The van der Waals surface area contributed by atoms with Gasteiger partial charge in [0.1, 0.15) is 24.6 Å². The van der Waals surface area contributed by atoms with E-state index < -0.39 is 0 Å². The molecule has 1 amide bonds. The van der Waals surface area contributed by atoms with E-state index in [2.05, 4.69) is 38.7 Å².